The third-order valence-electron chi connectivity index (χ3n) is 6.86. The first-order valence-corrected chi connectivity index (χ1v) is 14.8. The maximum absolute atomic E-state index is 13.0. The number of anilines is 1. The fourth-order valence-electron chi connectivity index (χ4n) is 4.78. The van der Waals surface area contributed by atoms with E-state index >= 15 is 0 Å². The van der Waals surface area contributed by atoms with Crippen molar-refractivity contribution in [3.8, 4) is 28.6 Å². The molecule has 0 radical (unpaired) electrons. The standard InChI is InChI=1S/C29H32N6O6S/c1-19-8-7-9-20(2)28(19)23-14-26(32-29(31-23)33-42(37,38)22-15-30-34(3)17-22)41-21-12-13-35(16-21)27(36)18-40-25-11-6-5-10-24(25)39-4/h5-11,14-15,17,21H,12-13,16,18H2,1-4H3,(H,31,32,33). The third kappa shape index (κ3) is 6.46. The summed E-state index contributed by atoms with van der Waals surface area (Å²) < 4.78 is 47.1. The predicted octanol–water partition coefficient (Wildman–Crippen LogP) is 3.36. The lowest BCUT2D eigenvalue weighted by Gasteiger charge is -2.18. The molecule has 1 fully saturated rings. The van der Waals surface area contributed by atoms with Gasteiger partial charge in [-0.25, -0.2) is 18.1 Å². The number of hydrogen-bond donors (Lipinski definition) is 1. The van der Waals surface area contributed by atoms with Crippen LogP contribution in [0.25, 0.3) is 11.3 Å². The molecule has 1 saturated heterocycles. The maximum Gasteiger partial charge on any atom is 0.267 e. The van der Waals surface area contributed by atoms with Crippen molar-refractivity contribution >= 4 is 21.9 Å². The Kier molecular flexibility index (Phi) is 8.29. The van der Waals surface area contributed by atoms with Crippen molar-refractivity contribution in [3.05, 3.63) is 72.1 Å². The van der Waals surface area contributed by atoms with Crippen LogP contribution in [0.2, 0.25) is 0 Å². The van der Waals surface area contributed by atoms with Crippen molar-refractivity contribution in [2.75, 3.05) is 31.5 Å². The zero-order valence-electron chi connectivity index (χ0n) is 23.8. The fourth-order valence-corrected chi connectivity index (χ4v) is 5.71. The number of likely N-dealkylation sites (tertiary alicyclic amines) is 1. The van der Waals surface area contributed by atoms with Crippen molar-refractivity contribution < 1.29 is 27.4 Å². The second kappa shape index (κ2) is 12.1. The molecule has 220 valence electrons. The molecule has 1 amide bonds. The number of amides is 1. The molecular formula is C29H32N6O6S. The van der Waals surface area contributed by atoms with Crippen LogP contribution in [-0.2, 0) is 21.9 Å². The maximum atomic E-state index is 13.0. The Morgan fingerprint density at radius 1 is 1.07 bits per heavy atom. The highest BCUT2D eigenvalue weighted by Crippen LogP contribution is 2.30. The van der Waals surface area contributed by atoms with Gasteiger partial charge in [0.1, 0.15) is 11.0 Å². The zero-order valence-corrected chi connectivity index (χ0v) is 24.6. The van der Waals surface area contributed by atoms with Crippen molar-refractivity contribution in [1.29, 1.82) is 0 Å². The quantitative estimate of drug-likeness (QED) is 0.294. The minimum Gasteiger partial charge on any atom is -0.493 e. The molecule has 0 spiro atoms. The summed E-state index contributed by atoms with van der Waals surface area (Å²) in [7, 11) is -0.829. The van der Waals surface area contributed by atoms with E-state index in [1.165, 1.54) is 17.1 Å². The highest BCUT2D eigenvalue weighted by atomic mass is 32.2. The van der Waals surface area contributed by atoms with E-state index in [1.54, 1.807) is 37.3 Å². The number of nitrogens with zero attached hydrogens (tertiary/aromatic N) is 5. The molecule has 13 heteroatoms. The first-order valence-electron chi connectivity index (χ1n) is 13.3. The molecule has 1 N–H and O–H groups in total. The lowest BCUT2D eigenvalue weighted by molar-refractivity contribution is -0.132. The predicted molar refractivity (Wildman–Crippen MR) is 155 cm³/mol. The zero-order chi connectivity index (χ0) is 29.9. The molecular weight excluding hydrogens is 560 g/mol. The van der Waals surface area contributed by atoms with Crippen LogP contribution >= 0.6 is 0 Å². The minimum atomic E-state index is -4.00. The molecule has 1 aliphatic rings. The molecule has 12 nitrogen and oxygen atoms in total. The van der Waals surface area contributed by atoms with Gasteiger partial charge in [-0.1, -0.05) is 30.3 Å². The van der Waals surface area contributed by atoms with E-state index in [2.05, 4.69) is 19.8 Å². The second-order valence-corrected chi connectivity index (χ2v) is 11.6. The number of hydrogen-bond acceptors (Lipinski definition) is 9. The lowest BCUT2D eigenvalue weighted by atomic mass is 10.00. The molecule has 0 bridgehead atoms. The topological polar surface area (TPSA) is 138 Å². The van der Waals surface area contributed by atoms with Crippen LogP contribution in [0.15, 0.2) is 65.8 Å². The molecule has 1 aliphatic heterocycles. The van der Waals surface area contributed by atoms with Crippen molar-refractivity contribution in [2.45, 2.75) is 31.3 Å². The van der Waals surface area contributed by atoms with Gasteiger partial charge >= 0.3 is 0 Å². The summed E-state index contributed by atoms with van der Waals surface area (Å²) in [5, 5.41) is 3.94. The first-order chi connectivity index (χ1) is 20.1. The van der Waals surface area contributed by atoms with E-state index < -0.39 is 10.0 Å². The van der Waals surface area contributed by atoms with Gasteiger partial charge in [0.2, 0.25) is 11.8 Å². The molecule has 4 aromatic rings. The van der Waals surface area contributed by atoms with Gasteiger partial charge in [0.05, 0.1) is 25.5 Å². The largest absolute Gasteiger partial charge is 0.493 e. The summed E-state index contributed by atoms with van der Waals surface area (Å²) in [6, 6.07) is 14.7. The van der Waals surface area contributed by atoms with Crippen LogP contribution in [0.5, 0.6) is 17.4 Å². The number of methoxy groups -OCH3 is 1. The number of carbonyl (C=O) groups excluding carboxylic acids is 1. The first kappa shape index (κ1) is 28.9. The van der Waals surface area contributed by atoms with Crippen molar-refractivity contribution in [3.63, 3.8) is 0 Å². The number of benzene rings is 2. The molecule has 0 saturated carbocycles. The number of nitrogens with one attached hydrogen (secondary N) is 1. The Morgan fingerprint density at radius 3 is 2.50 bits per heavy atom. The van der Waals surface area contributed by atoms with Crippen LogP contribution in [0, 0.1) is 13.8 Å². The summed E-state index contributed by atoms with van der Waals surface area (Å²) in [5.74, 6) is 0.907. The van der Waals surface area contributed by atoms with E-state index in [9.17, 15) is 13.2 Å². The van der Waals surface area contributed by atoms with E-state index in [1.807, 2.05) is 44.2 Å². The van der Waals surface area contributed by atoms with Crippen LogP contribution in [0.3, 0.4) is 0 Å². The van der Waals surface area contributed by atoms with Gasteiger partial charge in [0, 0.05) is 37.8 Å². The van der Waals surface area contributed by atoms with Crippen LogP contribution in [0.1, 0.15) is 17.5 Å². The minimum absolute atomic E-state index is 0.0196. The average Bonchev–Trinajstić information content (AvgIpc) is 3.61. The summed E-state index contributed by atoms with van der Waals surface area (Å²) in [6.07, 6.45) is 2.84. The number of aromatic nitrogens is 4. The Labute approximate surface area is 244 Å². The van der Waals surface area contributed by atoms with Gasteiger partial charge in [0.15, 0.2) is 18.1 Å². The van der Waals surface area contributed by atoms with Crippen LogP contribution in [-0.4, -0.2) is 71.9 Å². The Bertz CT molecular complexity index is 1690. The van der Waals surface area contributed by atoms with Gasteiger partial charge in [0.25, 0.3) is 15.9 Å². The smallest absolute Gasteiger partial charge is 0.267 e. The molecule has 2 aromatic heterocycles. The number of rotatable bonds is 10. The van der Waals surface area contributed by atoms with Gasteiger partial charge in [-0.3, -0.25) is 9.48 Å². The monoisotopic (exact) mass is 592 g/mol. The van der Waals surface area contributed by atoms with Gasteiger partial charge < -0.3 is 19.1 Å². The number of carbonyl (C=O) groups is 1. The SMILES string of the molecule is COc1ccccc1OCC(=O)N1CCC(Oc2cc(-c3c(C)cccc3C)nc(NS(=O)(=O)c3cnn(C)c3)n2)C1. The Balaban J connectivity index is 1.34. The molecule has 42 heavy (non-hydrogen) atoms. The summed E-state index contributed by atoms with van der Waals surface area (Å²) in [4.78, 5) is 23.4. The van der Waals surface area contributed by atoms with Crippen LogP contribution < -0.4 is 18.9 Å². The number of ether oxygens (including phenoxy) is 3. The fraction of sp³-hybridized carbons (Fsp3) is 0.310. The van der Waals surface area contributed by atoms with Gasteiger partial charge in [-0.05, 0) is 37.1 Å². The van der Waals surface area contributed by atoms with Crippen molar-refractivity contribution in [2.24, 2.45) is 7.05 Å². The highest BCUT2D eigenvalue weighted by molar-refractivity contribution is 7.92. The summed E-state index contributed by atoms with van der Waals surface area (Å²) in [6.45, 7) is 4.58. The average molecular weight is 593 g/mol. The van der Waals surface area contributed by atoms with E-state index in [4.69, 9.17) is 14.2 Å². The molecule has 5 rings (SSSR count). The van der Waals surface area contributed by atoms with E-state index in [0.29, 0.717) is 36.7 Å². The summed E-state index contributed by atoms with van der Waals surface area (Å²) in [5.41, 5.74) is 3.29. The van der Waals surface area contributed by atoms with Crippen molar-refractivity contribution in [1.82, 2.24) is 24.6 Å². The normalized spacial score (nSPS) is 15.0. The number of para-hydroxylation sites is 2. The number of aryl methyl sites for hydroxylation is 3. The van der Waals surface area contributed by atoms with Crippen LogP contribution in [0.4, 0.5) is 5.95 Å². The van der Waals surface area contributed by atoms with Gasteiger partial charge in [-0.15, -0.1) is 0 Å². The molecule has 2 aromatic carbocycles. The Morgan fingerprint density at radius 2 is 1.81 bits per heavy atom. The molecule has 0 aliphatic carbocycles. The number of sulfonamides is 1. The second-order valence-electron chi connectivity index (χ2n) is 9.94. The third-order valence-corrected chi connectivity index (χ3v) is 8.15. The Hall–Kier alpha value is -4.65. The van der Waals surface area contributed by atoms with Gasteiger partial charge in [-0.2, -0.15) is 10.1 Å². The molecule has 1 unspecified atom stereocenters. The lowest BCUT2D eigenvalue weighted by Crippen LogP contribution is -2.34. The van der Waals surface area contributed by atoms with E-state index in [-0.39, 0.29) is 35.3 Å². The molecule has 1 atom stereocenters. The van der Waals surface area contributed by atoms with E-state index in [0.717, 1.165) is 16.7 Å². The highest BCUT2D eigenvalue weighted by Gasteiger charge is 2.29. The summed E-state index contributed by atoms with van der Waals surface area (Å²) >= 11 is 0. The molecule has 3 heterocycles.